The molecule has 5 N–H and O–H groups in total. The molecule has 0 saturated heterocycles. The average Bonchev–Trinajstić information content (AvgIpc) is 2.43. The highest BCUT2D eigenvalue weighted by molar-refractivity contribution is 6.14. The molecule has 0 fully saturated rings. The number of carbonyl (C=O) groups is 2. The smallest absolute Gasteiger partial charge is 0.347 e. The predicted molar refractivity (Wildman–Crippen MR) is 80.2 cm³/mol. The zero-order valence-electron chi connectivity index (χ0n) is 12.0. The minimum absolute atomic E-state index is 0.157. The molecular formula is C14H19N3O4. The molecule has 114 valence electrons. The molecule has 0 radical (unpaired) electrons. The number of nitrogens with two attached hydrogens (primary N) is 2. The van der Waals surface area contributed by atoms with Gasteiger partial charge in [0.2, 0.25) is 0 Å². The number of rotatable bonds is 6. The first-order valence-corrected chi connectivity index (χ1v) is 6.45. The van der Waals surface area contributed by atoms with E-state index in [-0.39, 0.29) is 18.8 Å². The lowest BCUT2D eigenvalue weighted by Gasteiger charge is -2.08. The number of esters is 2. The van der Waals surface area contributed by atoms with Crippen molar-refractivity contribution in [3.8, 4) is 0 Å². The molecule has 0 unspecified atom stereocenters. The number of nitrogens with one attached hydrogen (secondary N) is 1. The maximum atomic E-state index is 11.7. The Balaban J connectivity index is 2.93. The lowest BCUT2D eigenvalue weighted by molar-refractivity contribution is -0.146. The normalized spacial score (nSPS) is 9.62. The maximum absolute atomic E-state index is 11.7. The summed E-state index contributed by atoms with van der Waals surface area (Å²) in [6.07, 6.45) is 1.22. The van der Waals surface area contributed by atoms with Crippen LogP contribution < -0.4 is 16.8 Å². The van der Waals surface area contributed by atoms with Gasteiger partial charge in [0.1, 0.15) is 0 Å². The van der Waals surface area contributed by atoms with E-state index in [9.17, 15) is 9.59 Å². The van der Waals surface area contributed by atoms with E-state index in [2.05, 4.69) is 5.32 Å². The molecule has 1 rings (SSSR count). The van der Waals surface area contributed by atoms with Crippen LogP contribution in [0.5, 0.6) is 0 Å². The SMILES string of the molecule is CCOC(=O)C(=CNc1ccc(N)c(N)c1)C(=O)OCC. The van der Waals surface area contributed by atoms with Crippen molar-refractivity contribution in [2.45, 2.75) is 13.8 Å². The average molecular weight is 293 g/mol. The van der Waals surface area contributed by atoms with Crippen molar-refractivity contribution in [3.63, 3.8) is 0 Å². The first-order chi connectivity index (χ1) is 9.99. The summed E-state index contributed by atoms with van der Waals surface area (Å²) in [7, 11) is 0. The summed E-state index contributed by atoms with van der Waals surface area (Å²) in [6, 6.07) is 4.86. The second kappa shape index (κ2) is 7.78. The van der Waals surface area contributed by atoms with Crippen molar-refractivity contribution in [1.82, 2.24) is 0 Å². The fourth-order valence-electron chi connectivity index (χ4n) is 1.44. The number of nitrogen functional groups attached to an aromatic ring is 2. The predicted octanol–water partition coefficient (Wildman–Crippen LogP) is 1.27. The van der Waals surface area contributed by atoms with Crippen molar-refractivity contribution >= 4 is 29.0 Å². The number of hydrogen-bond donors (Lipinski definition) is 3. The third-order valence-electron chi connectivity index (χ3n) is 2.46. The van der Waals surface area contributed by atoms with Gasteiger partial charge < -0.3 is 26.3 Å². The zero-order chi connectivity index (χ0) is 15.8. The highest BCUT2D eigenvalue weighted by Gasteiger charge is 2.20. The largest absolute Gasteiger partial charge is 0.462 e. The van der Waals surface area contributed by atoms with E-state index in [0.29, 0.717) is 17.1 Å². The number of ether oxygens (including phenoxy) is 2. The van der Waals surface area contributed by atoms with Crippen LogP contribution in [-0.2, 0) is 19.1 Å². The van der Waals surface area contributed by atoms with Gasteiger partial charge in [-0.05, 0) is 32.0 Å². The molecule has 0 aliphatic carbocycles. The Labute approximate surface area is 122 Å². The molecule has 0 aromatic heterocycles. The Morgan fingerprint density at radius 2 is 1.67 bits per heavy atom. The Kier molecular flexibility index (Phi) is 6.06. The molecule has 0 spiro atoms. The summed E-state index contributed by atoms with van der Waals surface area (Å²) < 4.78 is 9.62. The van der Waals surface area contributed by atoms with Gasteiger partial charge in [-0.15, -0.1) is 0 Å². The van der Waals surface area contributed by atoms with Gasteiger partial charge in [-0.3, -0.25) is 0 Å². The van der Waals surface area contributed by atoms with Crippen LogP contribution in [0.4, 0.5) is 17.1 Å². The number of anilines is 3. The highest BCUT2D eigenvalue weighted by Crippen LogP contribution is 2.19. The molecule has 21 heavy (non-hydrogen) atoms. The summed E-state index contributed by atoms with van der Waals surface area (Å²) in [5.74, 6) is -1.52. The van der Waals surface area contributed by atoms with Crippen LogP contribution in [0, 0.1) is 0 Å². The topological polar surface area (TPSA) is 117 Å². The van der Waals surface area contributed by atoms with Crippen LogP contribution in [0.15, 0.2) is 30.0 Å². The second-order valence-electron chi connectivity index (χ2n) is 3.99. The van der Waals surface area contributed by atoms with Gasteiger partial charge in [0.25, 0.3) is 0 Å². The summed E-state index contributed by atoms with van der Waals surface area (Å²) in [5.41, 5.74) is 12.5. The minimum atomic E-state index is -0.758. The molecule has 1 aromatic carbocycles. The van der Waals surface area contributed by atoms with E-state index < -0.39 is 11.9 Å². The monoisotopic (exact) mass is 293 g/mol. The summed E-state index contributed by atoms with van der Waals surface area (Å²) in [5, 5.41) is 2.79. The second-order valence-corrected chi connectivity index (χ2v) is 3.99. The Morgan fingerprint density at radius 3 is 2.14 bits per heavy atom. The fourth-order valence-corrected chi connectivity index (χ4v) is 1.44. The first kappa shape index (κ1) is 16.4. The van der Waals surface area contributed by atoms with E-state index in [4.69, 9.17) is 20.9 Å². The van der Waals surface area contributed by atoms with Gasteiger partial charge in [-0.25, -0.2) is 9.59 Å². The van der Waals surface area contributed by atoms with Gasteiger partial charge in [0, 0.05) is 11.9 Å². The van der Waals surface area contributed by atoms with Crippen molar-refractivity contribution in [1.29, 1.82) is 0 Å². The van der Waals surface area contributed by atoms with Crippen molar-refractivity contribution in [2.75, 3.05) is 30.0 Å². The Bertz CT molecular complexity index is 535. The third-order valence-corrected chi connectivity index (χ3v) is 2.46. The first-order valence-electron chi connectivity index (χ1n) is 6.45. The van der Waals surface area contributed by atoms with E-state index in [0.717, 1.165) is 0 Å². The molecule has 0 saturated carbocycles. The number of carbonyl (C=O) groups excluding carboxylic acids is 2. The van der Waals surface area contributed by atoms with Gasteiger partial charge >= 0.3 is 11.9 Å². The minimum Gasteiger partial charge on any atom is -0.462 e. The Hall–Kier alpha value is -2.70. The molecular weight excluding hydrogens is 274 g/mol. The fraction of sp³-hybridized carbons (Fsp3) is 0.286. The summed E-state index contributed by atoms with van der Waals surface area (Å²) >= 11 is 0. The molecule has 0 heterocycles. The molecule has 0 atom stereocenters. The van der Waals surface area contributed by atoms with Gasteiger partial charge in [-0.1, -0.05) is 0 Å². The van der Waals surface area contributed by atoms with E-state index in [1.165, 1.54) is 6.20 Å². The molecule has 1 aromatic rings. The maximum Gasteiger partial charge on any atom is 0.347 e. The lowest BCUT2D eigenvalue weighted by atomic mass is 10.2. The molecule has 0 bridgehead atoms. The summed E-state index contributed by atoms with van der Waals surface area (Å²) in [6.45, 7) is 3.61. The van der Waals surface area contributed by atoms with Gasteiger partial charge in [-0.2, -0.15) is 0 Å². The zero-order valence-corrected chi connectivity index (χ0v) is 12.0. The Morgan fingerprint density at radius 1 is 1.10 bits per heavy atom. The van der Waals surface area contributed by atoms with Crippen LogP contribution in [0.3, 0.4) is 0 Å². The molecule has 0 aliphatic rings. The van der Waals surface area contributed by atoms with Crippen molar-refractivity contribution < 1.29 is 19.1 Å². The van der Waals surface area contributed by atoms with Crippen LogP contribution in [0.25, 0.3) is 0 Å². The van der Waals surface area contributed by atoms with E-state index in [1.807, 2.05) is 0 Å². The van der Waals surface area contributed by atoms with Gasteiger partial charge in [0.05, 0.1) is 24.6 Å². The number of benzene rings is 1. The van der Waals surface area contributed by atoms with E-state index >= 15 is 0 Å². The van der Waals surface area contributed by atoms with Gasteiger partial charge in [0.15, 0.2) is 5.57 Å². The van der Waals surface area contributed by atoms with Crippen LogP contribution in [0.2, 0.25) is 0 Å². The summed E-state index contributed by atoms with van der Waals surface area (Å²) in [4.78, 5) is 23.5. The molecule has 7 nitrogen and oxygen atoms in total. The standard InChI is InChI=1S/C14H19N3O4/c1-3-20-13(18)10(14(19)21-4-2)8-17-9-5-6-11(15)12(16)7-9/h5-8,17H,3-4,15-16H2,1-2H3. The third kappa shape index (κ3) is 4.72. The molecule has 7 heteroatoms. The van der Waals surface area contributed by atoms with Crippen LogP contribution in [-0.4, -0.2) is 25.2 Å². The molecule has 0 amide bonds. The number of hydrogen-bond acceptors (Lipinski definition) is 7. The van der Waals surface area contributed by atoms with Crippen LogP contribution in [0.1, 0.15) is 13.8 Å². The quantitative estimate of drug-likeness (QED) is 0.238. The van der Waals surface area contributed by atoms with Crippen molar-refractivity contribution in [3.05, 3.63) is 30.0 Å². The van der Waals surface area contributed by atoms with E-state index in [1.54, 1.807) is 32.0 Å². The highest BCUT2D eigenvalue weighted by atomic mass is 16.6. The van der Waals surface area contributed by atoms with Crippen LogP contribution >= 0.6 is 0 Å². The lowest BCUT2D eigenvalue weighted by Crippen LogP contribution is -2.19. The van der Waals surface area contributed by atoms with Crippen molar-refractivity contribution in [2.24, 2.45) is 0 Å². The molecule has 0 aliphatic heterocycles.